The molecule has 1 aromatic carbocycles. The summed E-state index contributed by atoms with van der Waals surface area (Å²) >= 11 is 5.74. The van der Waals surface area contributed by atoms with Crippen molar-refractivity contribution in [3.8, 4) is 0 Å². The Hall–Kier alpha value is -3.34. The first-order valence-electron chi connectivity index (χ1n) is 11.1. The Morgan fingerprint density at radius 1 is 1.14 bits per heavy atom. The zero-order valence-corrected chi connectivity index (χ0v) is 20.8. The van der Waals surface area contributed by atoms with Crippen molar-refractivity contribution in [2.45, 2.75) is 64.8 Å². The number of benzene rings is 1. The number of hydrogen-bond donors (Lipinski definition) is 3. The van der Waals surface area contributed by atoms with Crippen LogP contribution in [-0.2, 0) is 28.7 Å². The van der Waals surface area contributed by atoms with Crippen molar-refractivity contribution in [3.05, 3.63) is 57.9 Å². The lowest BCUT2D eigenvalue weighted by molar-refractivity contribution is -0.138. The zero-order chi connectivity index (χ0) is 27.1. The summed E-state index contributed by atoms with van der Waals surface area (Å²) in [5, 5.41) is 5.03. The third-order valence-electron chi connectivity index (χ3n) is 4.89. The lowest BCUT2D eigenvalue weighted by atomic mass is 9.95. The Morgan fingerprint density at radius 2 is 1.83 bits per heavy atom. The number of pyridine rings is 1. The van der Waals surface area contributed by atoms with Crippen molar-refractivity contribution < 1.29 is 32.3 Å². The van der Waals surface area contributed by atoms with Crippen molar-refractivity contribution in [2.75, 3.05) is 5.32 Å². The van der Waals surface area contributed by atoms with Crippen LogP contribution >= 0.6 is 11.6 Å². The molecule has 0 saturated carbocycles. The summed E-state index contributed by atoms with van der Waals surface area (Å²) in [6.45, 7) is 4.89. The van der Waals surface area contributed by atoms with Crippen molar-refractivity contribution >= 4 is 35.2 Å². The Labute approximate surface area is 211 Å². The number of alkyl halides is 3. The molecule has 2 rings (SSSR count). The van der Waals surface area contributed by atoms with Crippen LogP contribution in [0.25, 0.3) is 0 Å². The molecule has 36 heavy (non-hydrogen) atoms. The zero-order valence-electron chi connectivity index (χ0n) is 20.1. The van der Waals surface area contributed by atoms with E-state index in [4.69, 9.17) is 22.1 Å². The molecule has 196 valence electrons. The number of nitrogens with zero attached hydrogens (tertiary/aromatic N) is 1. The van der Waals surface area contributed by atoms with Crippen molar-refractivity contribution in [1.29, 1.82) is 0 Å². The Morgan fingerprint density at radius 3 is 2.44 bits per heavy atom. The molecule has 8 nitrogen and oxygen atoms in total. The molecular weight excluding hydrogens is 501 g/mol. The lowest BCUT2D eigenvalue weighted by Crippen LogP contribution is -2.32. The van der Waals surface area contributed by atoms with E-state index in [-0.39, 0.29) is 54.2 Å². The van der Waals surface area contributed by atoms with Crippen molar-refractivity contribution in [2.24, 2.45) is 5.73 Å². The second-order valence-electron chi connectivity index (χ2n) is 8.97. The van der Waals surface area contributed by atoms with E-state index in [1.165, 1.54) is 24.4 Å². The van der Waals surface area contributed by atoms with Gasteiger partial charge >= 0.3 is 12.3 Å². The van der Waals surface area contributed by atoms with E-state index < -0.39 is 35.2 Å². The number of amides is 3. The van der Waals surface area contributed by atoms with Gasteiger partial charge in [-0.05, 0) is 63.3 Å². The molecule has 0 aliphatic carbocycles. The third-order valence-corrected chi connectivity index (χ3v) is 5.10. The fourth-order valence-electron chi connectivity index (χ4n) is 3.38. The van der Waals surface area contributed by atoms with Gasteiger partial charge in [-0.3, -0.25) is 9.59 Å². The predicted octanol–water partition coefficient (Wildman–Crippen LogP) is 5.23. The quantitative estimate of drug-likeness (QED) is 0.304. The number of alkyl carbamates (subject to hydrolysis) is 1. The van der Waals surface area contributed by atoms with Crippen molar-refractivity contribution in [3.63, 3.8) is 0 Å². The maximum absolute atomic E-state index is 13.6. The van der Waals surface area contributed by atoms with Gasteiger partial charge in [0.1, 0.15) is 10.8 Å². The second kappa shape index (κ2) is 12.1. The highest BCUT2D eigenvalue weighted by molar-refractivity contribution is 6.30. The number of carbonyl (C=O) groups is 3. The Kier molecular flexibility index (Phi) is 9.69. The van der Waals surface area contributed by atoms with Crippen molar-refractivity contribution in [1.82, 2.24) is 10.3 Å². The number of hydrogen-bond acceptors (Lipinski definition) is 5. The average Bonchev–Trinajstić information content (AvgIpc) is 2.74. The third kappa shape index (κ3) is 9.03. The van der Waals surface area contributed by atoms with Gasteiger partial charge in [-0.15, -0.1) is 0 Å². The predicted molar refractivity (Wildman–Crippen MR) is 128 cm³/mol. The fourth-order valence-corrected chi connectivity index (χ4v) is 3.53. The Balaban J connectivity index is 2.04. The van der Waals surface area contributed by atoms with Gasteiger partial charge in [-0.2, -0.15) is 13.2 Å². The number of aromatic nitrogens is 1. The molecule has 0 saturated heterocycles. The van der Waals surface area contributed by atoms with Crippen LogP contribution < -0.4 is 16.4 Å². The summed E-state index contributed by atoms with van der Waals surface area (Å²) in [6.07, 6.45) is -3.57. The average molecular weight is 529 g/mol. The number of carbonyl (C=O) groups excluding carboxylic acids is 3. The lowest BCUT2D eigenvalue weighted by Gasteiger charge is -2.21. The SMILES string of the molecule is CC(C)(C)OC(=O)NCc1cccc(C(F)(F)F)c1CCCCC(=O)Nc1cnc(Cl)cc1C(N)=O. The molecule has 0 atom stereocenters. The van der Waals surface area contributed by atoms with Crippen LogP contribution in [0.3, 0.4) is 0 Å². The minimum Gasteiger partial charge on any atom is -0.444 e. The first-order chi connectivity index (χ1) is 16.7. The number of ether oxygens (including phenoxy) is 1. The topological polar surface area (TPSA) is 123 Å². The van der Waals surface area contributed by atoms with E-state index in [0.717, 1.165) is 6.07 Å². The highest BCUT2D eigenvalue weighted by Crippen LogP contribution is 2.34. The molecule has 0 spiro atoms. The first kappa shape index (κ1) is 28.9. The molecule has 0 unspecified atom stereocenters. The molecule has 0 fully saturated rings. The number of nitrogens with one attached hydrogen (secondary N) is 2. The molecule has 0 aliphatic rings. The monoisotopic (exact) mass is 528 g/mol. The van der Waals surface area contributed by atoms with E-state index in [2.05, 4.69) is 15.6 Å². The van der Waals surface area contributed by atoms with E-state index in [1.54, 1.807) is 20.8 Å². The maximum atomic E-state index is 13.6. The normalized spacial score (nSPS) is 11.6. The number of primary amides is 1. The van der Waals surface area contributed by atoms with E-state index >= 15 is 0 Å². The first-order valence-corrected chi connectivity index (χ1v) is 11.4. The number of nitrogens with two attached hydrogens (primary N) is 1. The summed E-state index contributed by atoms with van der Waals surface area (Å²) in [6, 6.07) is 4.99. The van der Waals surface area contributed by atoms with Crippen LogP contribution in [0.5, 0.6) is 0 Å². The molecule has 1 aromatic heterocycles. The number of unbranched alkanes of at least 4 members (excludes halogenated alkanes) is 1. The summed E-state index contributed by atoms with van der Waals surface area (Å²) in [5.41, 5.74) is 4.16. The van der Waals surface area contributed by atoms with Gasteiger partial charge in [0.15, 0.2) is 0 Å². The van der Waals surface area contributed by atoms with Gasteiger partial charge in [0.25, 0.3) is 5.91 Å². The molecule has 0 radical (unpaired) electrons. The van der Waals surface area contributed by atoms with E-state index in [1.807, 2.05) is 0 Å². The highest BCUT2D eigenvalue weighted by atomic mass is 35.5. The molecule has 4 N–H and O–H groups in total. The number of rotatable bonds is 9. The molecule has 0 aliphatic heterocycles. The van der Waals surface area contributed by atoms with Crippen LogP contribution in [0, 0.1) is 0 Å². The molecule has 3 amide bonds. The van der Waals surface area contributed by atoms with Crippen LogP contribution in [0.1, 0.15) is 67.1 Å². The Bertz CT molecular complexity index is 1120. The number of halogens is 4. The highest BCUT2D eigenvalue weighted by Gasteiger charge is 2.34. The van der Waals surface area contributed by atoms with Gasteiger partial charge in [0.05, 0.1) is 23.0 Å². The van der Waals surface area contributed by atoms with Gasteiger partial charge in [-0.25, -0.2) is 9.78 Å². The van der Waals surface area contributed by atoms with Gasteiger partial charge in [-0.1, -0.05) is 23.7 Å². The van der Waals surface area contributed by atoms with E-state index in [0.29, 0.717) is 5.56 Å². The van der Waals surface area contributed by atoms with Crippen LogP contribution in [0.4, 0.5) is 23.7 Å². The van der Waals surface area contributed by atoms with Gasteiger partial charge in [0, 0.05) is 13.0 Å². The molecule has 0 bridgehead atoms. The fraction of sp³-hybridized carbons (Fsp3) is 0.417. The van der Waals surface area contributed by atoms with Crippen LogP contribution in [0.15, 0.2) is 30.5 Å². The van der Waals surface area contributed by atoms with Gasteiger partial charge in [0.2, 0.25) is 5.91 Å². The molecule has 1 heterocycles. The van der Waals surface area contributed by atoms with Crippen LogP contribution in [-0.4, -0.2) is 28.5 Å². The molecular formula is C24H28ClF3N4O4. The van der Waals surface area contributed by atoms with Gasteiger partial charge < -0.3 is 21.1 Å². The summed E-state index contributed by atoms with van der Waals surface area (Å²) in [5.74, 6) is -1.26. The molecule has 2 aromatic rings. The minimum atomic E-state index is -4.58. The smallest absolute Gasteiger partial charge is 0.416 e. The molecule has 12 heteroatoms. The minimum absolute atomic E-state index is 0.00964. The largest absolute Gasteiger partial charge is 0.444 e. The van der Waals surface area contributed by atoms with E-state index in [9.17, 15) is 27.6 Å². The summed E-state index contributed by atoms with van der Waals surface area (Å²) < 4.78 is 46.0. The maximum Gasteiger partial charge on any atom is 0.416 e. The summed E-state index contributed by atoms with van der Waals surface area (Å²) in [7, 11) is 0. The number of anilines is 1. The second-order valence-corrected chi connectivity index (χ2v) is 9.36. The van der Waals surface area contributed by atoms with Crippen LogP contribution in [0.2, 0.25) is 5.15 Å². The standard InChI is InChI=1S/C24H28ClF3N4O4/c1-23(2,3)36-22(35)31-12-14-7-6-9-17(24(26,27)28)15(14)8-4-5-10-20(33)32-18-13-30-19(25)11-16(18)21(29)34/h6-7,9,11,13H,4-5,8,10,12H2,1-3H3,(H2,29,34)(H,31,35)(H,32,33). The summed E-state index contributed by atoms with van der Waals surface area (Å²) in [4.78, 5) is 39.6.